The maximum absolute atomic E-state index is 13.6. The highest BCUT2D eigenvalue weighted by molar-refractivity contribution is 6.19. The Kier molecular flexibility index (Phi) is 4.25. The molecule has 0 unspecified atom stereocenters. The summed E-state index contributed by atoms with van der Waals surface area (Å²) in [6.07, 6.45) is 0. The highest BCUT2D eigenvalue weighted by Gasteiger charge is 2.28. The number of amides is 2. The number of fused-ring (bicyclic) bond motifs is 2. The molecule has 2 heterocycles. The minimum absolute atomic E-state index is 0.0711. The van der Waals surface area contributed by atoms with Crippen LogP contribution in [-0.2, 0) is 4.79 Å². The third-order valence-electron chi connectivity index (χ3n) is 5.10. The lowest BCUT2D eigenvalue weighted by Gasteiger charge is -2.29. The third kappa shape index (κ3) is 3.08. The summed E-state index contributed by atoms with van der Waals surface area (Å²) in [5.74, 6) is -0.884. The van der Waals surface area contributed by atoms with Gasteiger partial charge in [-0.25, -0.2) is 9.37 Å². The molecule has 1 aliphatic heterocycles. The molecule has 0 bridgehead atoms. The van der Waals surface area contributed by atoms with Crippen LogP contribution in [0.4, 0.5) is 15.8 Å². The van der Waals surface area contributed by atoms with Gasteiger partial charge in [-0.2, -0.15) is 0 Å². The fraction of sp³-hybridized carbons (Fsp3) is 0.0417. The van der Waals surface area contributed by atoms with E-state index >= 15 is 0 Å². The molecule has 5 rings (SSSR count). The molecule has 2 amide bonds. The molecule has 0 atom stereocenters. The average Bonchev–Trinajstić information content (AvgIpc) is 2.77. The molecular weight excluding hydrogens is 381 g/mol. The monoisotopic (exact) mass is 397 g/mol. The van der Waals surface area contributed by atoms with E-state index in [1.807, 2.05) is 36.4 Å². The first-order chi connectivity index (χ1) is 14.6. The lowest BCUT2D eigenvalue weighted by atomic mass is 10.0. The zero-order valence-corrected chi connectivity index (χ0v) is 15.8. The second-order valence-corrected chi connectivity index (χ2v) is 7.04. The highest BCUT2D eigenvalue weighted by Crippen LogP contribution is 2.32. The quantitative estimate of drug-likeness (QED) is 0.536. The van der Waals surface area contributed by atoms with E-state index in [0.29, 0.717) is 39.1 Å². The van der Waals surface area contributed by atoms with E-state index in [4.69, 9.17) is 0 Å². The first-order valence-corrected chi connectivity index (χ1v) is 9.46. The molecule has 146 valence electrons. The molecule has 0 spiro atoms. The lowest BCUT2D eigenvalue weighted by molar-refractivity contribution is -0.115. The van der Waals surface area contributed by atoms with Gasteiger partial charge in [0.2, 0.25) is 5.91 Å². The number of hydrogen-bond donors (Lipinski definition) is 1. The second kappa shape index (κ2) is 7.08. The van der Waals surface area contributed by atoms with Crippen LogP contribution in [0.15, 0.2) is 78.9 Å². The first-order valence-electron chi connectivity index (χ1n) is 9.46. The van der Waals surface area contributed by atoms with Crippen molar-refractivity contribution in [2.45, 2.75) is 0 Å². The van der Waals surface area contributed by atoms with E-state index < -0.39 is 0 Å². The normalized spacial score (nSPS) is 13.1. The van der Waals surface area contributed by atoms with Gasteiger partial charge in [-0.1, -0.05) is 30.3 Å². The van der Waals surface area contributed by atoms with E-state index in [1.165, 1.54) is 17.0 Å². The van der Waals surface area contributed by atoms with Gasteiger partial charge in [-0.05, 0) is 48.5 Å². The summed E-state index contributed by atoms with van der Waals surface area (Å²) in [7, 11) is 0. The maximum Gasteiger partial charge on any atom is 0.259 e. The standard InChI is InChI=1S/C24H16FN3O2/c25-16-11-9-15(10-12-16)21-13-18(17-5-1-2-6-19(17)26-21)24(30)28-14-23(29)27-20-7-3-4-8-22(20)28/h1-13H,14H2,(H,27,29). The number of nitrogens with zero attached hydrogens (tertiary/aromatic N) is 2. The van der Waals surface area contributed by atoms with Crippen molar-refractivity contribution in [3.8, 4) is 11.3 Å². The van der Waals surface area contributed by atoms with Gasteiger partial charge >= 0.3 is 0 Å². The van der Waals surface area contributed by atoms with Gasteiger partial charge < -0.3 is 5.32 Å². The number of anilines is 2. The van der Waals surface area contributed by atoms with Gasteiger partial charge in [-0.3, -0.25) is 14.5 Å². The Hall–Kier alpha value is -4.06. The Bertz CT molecular complexity index is 1300. The molecule has 0 saturated carbocycles. The summed E-state index contributed by atoms with van der Waals surface area (Å²) < 4.78 is 13.4. The van der Waals surface area contributed by atoms with Crippen molar-refractivity contribution in [3.05, 3.63) is 90.2 Å². The Labute approximate surface area is 171 Å². The molecule has 6 heteroatoms. The van der Waals surface area contributed by atoms with Crippen LogP contribution in [0.25, 0.3) is 22.2 Å². The molecule has 0 aliphatic carbocycles. The summed E-state index contributed by atoms with van der Waals surface area (Å²) in [6, 6.07) is 22.2. The molecule has 0 fully saturated rings. The van der Waals surface area contributed by atoms with Crippen molar-refractivity contribution in [3.63, 3.8) is 0 Å². The molecule has 0 radical (unpaired) electrons. The average molecular weight is 397 g/mol. The predicted octanol–water partition coefficient (Wildman–Crippen LogP) is 4.64. The number of para-hydroxylation sites is 3. The van der Waals surface area contributed by atoms with E-state index in [9.17, 15) is 14.0 Å². The van der Waals surface area contributed by atoms with Gasteiger partial charge in [0.1, 0.15) is 12.4 Å². The molecule has 30 heavy (non-hydrogen) atoms. The number of halogens is 1. The number of nitrogens with one attached hydrogen (secondary N) is 1. The Morgan fingerprint density at radius 3 is 2.53 bits per heavy atom. The number of rotatable bonds is 2. The van der Waals surface area contributed by atoms with Crippen LogP contribution in [-0.4, -0.2) is 23.3 Å². The van der Waals surface area contributed by atoms with Crippen LogP contribution in [0.5, 0.6) is 0 Å². The third-order valence-corrected chi connectivity index (χ3v) is 5.10. The van der Waals surface area contributed by atoms with E-state index in [-0.39, 0.29) is 24.2 Å². The zero-order chi connectivity index (χ0) is 20.7. The number of aromatic nitrogens is 1. The second-order valence-electron chi connectivity index (χ2n) is 7.04. The van der Waals surface area contributed by atoms with Gasteiger partial charge in [0, 0.05) is 10.9 Å². The zero-order valence-electron chi connectivity index (χ0n) is 15.8. The van der Waals surface area contributed by atoms with Gasteiger partial charge in [0.15, 0.2) is 0 Å². The summed E-state index contributed by atoms with van der Waals surface area (Å²) in [6.45, 7) is -0.0711. The van der Waals surface area contributed by atoms with Crippen LogP contribution in [0.2, 0.25) is 0 Å². The van der Waals surface area contributed by atoms with Crippen molar-refractivity contribution in [1.29, 1.82) is 0 Å². The predicted molar refractivity (Wildman–Crippen MR) is 114 cm³/mol. The lowest BCUT2D eigenvalue weighted by Crippen LogP contribution is -2.42. The number of pyridine rings is 1. The summed E-state index contributed by atoms with van der Waals surface area (Å²) in [5.41, 5.74) is 3.59. The Morgan fingerprint density at radius 1 is 0.967 bits per heavy atom. The summed E-state index contributed by atoms with van der Waals surface area (Å²) in [4.78, 5) is 31.9. The topological polar surface area (TPSA) is 62.3 Å². The van der Waals surface area contributed by atoms with Crippen LogP contribution in [0.1, 0.15) is 10.4 Å². The summed E-state index contributed by atoms with van der Waals surface area (Å²) >= 11 is 0. The fourth-order valence-electron chi connectivity index (χ4n) is 3.68. The molecule has 1 N–H and O–H groups in total. The van der Waals surface area contributed by atoms with Gasteiger partial charge in [0.25, 0.3) is 5.91 Å². The van der Waals surface area contributed by atoms with Crippen molar-refractivity contribution >= 4 is 34.1 Å². The molecule has 0 saturated heterocycles. The van der Waals surface area contributed by atoms with Gasteiger partial charge in [0.05, 0.1) is 28.1 Å². The SMILES string of the molecule is O=C1CN(C(=O)c2cc(-c3ccc(F)cc3)nc3ccccc23)c2ccccc2N1. The maximum atomic E-state index is 13.6. The minimum atomic E-state index is -0.341. The minimum Gasteiger partial charge on any atom is -0.323 e. The molecule has 5 nitrogen and oxygen atoms in total. The van der Waals surface area contributed by atoms with E-state index in [1.54, 1.807) is 30.3 Å². The van der Waals surface area contributed by atoms with Crippen LogP contribution in [0, 0.1) is 5.82 Å². The Morgan fingerprint density at radius 2 is 1.70 bits per heavy atom. The molecule has 1 aromatic heterocycles. The Balaban J connectivity index is 1.67. The number of carbonyl (C=O) groups excluding carboxylic acids is 2. The highest BCUT2D eigenvalue weighted by atomic mass is 19.1. The van der Waals surface area contributed by atoms with Crippen LogP contribution < -0.4 is 10.2 Å². The number of benzene rings is 3. The largest absolute Gasteiger partial charge is 0.323 e. The van der Waals surface area contributed by atoms with Crippen molar-refractivity contribution in [2.75, 3.05) is 16.8 Å². The molecule has 4 aromatic rings. The molecular formula is C24H16FN3O2. The first kappa shape index (κ1) is 18.0. The fourth-order valence-corrected chi connectivity index (χ4v) is 3.68. The number of carbonyl (C=O) groups is 2. The van der Waals surface area contributed by atoms with Crippen molar-refractivity contribution < 1.29 is 14.0 Å². The van der Waals surface area contributed by atoms with Gasteiger partial charge in [-0.15, -0.1) is 0 Å². The smallest absolute Gasteiger partial charge is 0.259 e. The van der Waals surface area contributed by atoms with Crippen molar-refractivity contribution in [1.82, 2.24) is 4.98 Å². The van der Waals surface area contributed by atoms with Crippen LogP contribution in [0.3, 0.4) is 0 Å². The van der Waals surface area contributed by atoms with Crippen LogP contribution >= 0.6 is 0 Å². The van der Waals surface area contributed by atoms with Crippen molar-refractivity contribution in [2.24, 2.45) is 0 Å². The number of hydrogen-bond acceptors (Lipinski definition) is 3. The summed E-state index contributed by atoms with van der Waals surface area (Å²) in [5, 5.41) is 3.49. The van der Waals surface area contributed by atoms with E-state index in [0.717, 1.165) is 0 Å². The molecule has 3 aromatic carbocycles. The molecule has 1 aliphatic rings. The van der Waals surface area contributed by atoms with E-state index in [2.05, 4.69) is 10.3 Å².